The van der Waals surface area contributed by atoms with Gasteiger partial charge in [-0.05, 0) is 31.2 Å². The third kappa shape index (κ3) is 2.70. The van der Waals surface area contributed by atoms with E-state index in [-0.39, 0.29) is 0 Å². The molecule has 0 bridgehead atoms. The number of benzene rings is 1. The smallest absolute Gasteiger partial charge is 0.394 e. The van der Waals surface area contributed by atoms with Crippen LogP contribution < -0.4 is 0 Å². The number of carbonyl (C=O) groups excluding carboxylic acids is 1. The van der Waals surface area contributed by atoms with Crippen LogP contribution in [-0.4, -0.2) is 35.0 Å². The molecule has 1 aliphatic rings. The van der Waals surface area contributed by atoms with Crippen molar-refractivity contribution in [3.05, 3.63) is 35.4 Å². The number of amides is 1. The van der Waals surface area contributed by atoms with Crippen molar-refractivity contribution in [2.75, 3.05) is 13.1 Å². The van der Waals surface area contributed by atoms with Gasteiger partial charge in [-0.2, -0.15) is 0 Å². The van der Waals surface area contributed by atoms with E-state index in [1.807, 2.05) is 6.07 Å². The van der Waals surface area contributed by atoms with Gasteiger partial charge in [0.2, 0.25) is 0 Å². The van der Waals surface area contributed by atoms with Crippen LogP contribution >= 0.6 is 0 Å². The Morgan fingerprint density at radius 2 is 1.94 bits per heavy atom. The lowest BCUT2D eigenvalue weighted by Crippen LogP contribution is -2.41. The summed E-state index contributed by atoms with van der Waals surface area (Å²) < 4.78 is 0. The lowest BCUT2D eigenvalue weighted by Gasteiger charge is -2.31. The number of carboxylic acids is 1. The van der Waals surface area contributed by atoms with Crippen molar-refractivity contribution in [1.29, 1.82) is 0 Å². The highest BCUT2D eigenvalue weighted by molar-refractivity contribution is 6.31. The van der Waals surface area contributed by atoms with Gasteiger partial charge in [0.15, 0.2) is 0 Å². The fourth-order valence-corrected chi connectivity index (χ4v) is 2.48. The first-order valence-electron chi connectivity index (χ1n) is 6.16. The number of aliphatic carboxylic acids is 1. The number of carboxylic acid groups (broad SMARTS) is 1. The van der Waals surface area contributed by atoms with Crippen molar-refractivity contribution in [3.63, 3.8) is 0 Å². The van der Waals surface area contributed by atoms with Gasteiger partial charge in [-0.3, -0.25) is 4.79 Å². The summed E-state index contributed by atoms with van der Waals surface area (Å²) >= 11 is 0. The quantitative estimate of drug-likeness (QED) is 0.770. The molecule has 18 heavy (non-hydrogen) atoms. The molecule has 0 aromatic heterocycles. The Bertz CT molecular complexity index is 462. The van der Waals surface area contributed by atoms with Crippen LogP contribution in [0.15, 0.2) is 24.3 Å². The van der Waals surface area contributed by atoms with Crippen molar-refractivity contribution in [2.45, 2.75) is 25.7 Å². The van der Waals surface area contributed by atoms with Crippen LogP contribution in [0.25, 0.3) is 0 Å². The van der Waals surface area contributed by atoms with Gasteiger partial charge in [-0.25, -0.2) is 4.79 Å². The van der Waals surface area contributed by atoms with E-state index in [0.717, 1.165) is 12.8 Å². The predicted octanol–water partition coefficient (Wildman–Crippen LogP) is 1.79. The maximum absolute atomic E-state index is 11.3. The monoisotopic (exact) mass is 247 g/mol. The molecular formula is C14H17NO3. The molecule has 2 rings (SSSR count). The minimum absolute atomic E-state index is 0.433. The molecule has 0 atom stereocenters. The van der Waals surface area contributed by atoms with E-state index in [4.69, 9.17) is 5.11 Å². The second-order valence-electron chi connectivity index (χ2n) is 4.79. The number of hydrogen-bond donors (Lipinski definition) is 1. The Kier molecular flexibility index (Phi) is 3.65. The van der Waals surface area contributed by atoms with E-state index in [9.17, 15) is 9.59 Å². The lowest BCUT2D eigenvalue weighted by molar-refractivity contribution is -0.156. The van der Waals surface area contributed by atoms with Gasteiger partial charge in [-0.1, -0.05) is 29.8 Å². The highest BCUT2D eigenvalue weighted by Crippen LogP contribution is 2.28. The number of likely N-dealkylation sites (tertiary alicyclic amines) is 1. The molecule has 1 heterocycles. The summed E-state index contributed by atoms with van der Waals surface area (Å²) in [5.41, 5.74) is 2.52. The van der Waals surface area contributed by atoms with Crippen molar-refractivity contribution in [1.82, 2.24) is 4.90 Å². The Labute approximate surface area is 106 Å². The lowest BCUT2D eigenvalue weighted by atomic mass is 9.89. The summed E-state index contributed by atoms with van der Waals surface area (Å²) in [4.78, 5) is 23.4. The highest BCUT2D eigenvalue weighted by Gasteiger charge is 2.27. The van der Waals surface area contributed by atoms with Gasteiger partial charge in [0, 0.05) is 13.1 Å². The fraction of sp³-hybridized carbons (Fsp3) is 0.429. The van der Waals surface area contributed by atoms with Gasteiger partial charge in [-0.15, -0.1) is 0 Å². The van der Waals surface area contributed by atoms with Crippen LogP contribution in [0.4, 0.5) is 0 Å². The Morgan fingerprint density at radius 3 is 2.50 bits per heavy atom. The Hall–Kier alpha value is -1.84. The number of carbonyl (C=O) groups is 2. The maximum Gasteiger partial charge on any atom is 0.394 e. The van der Waals surface area contributed by atoms with Crippen LogP contribution in [0.5, 0.6) is 0 Å². The molecule has 1 fully saturated rings. The molecule has 1 saturated heterocycles. The molecule has 0 saturated carbocycles. The van der Waals surface area contributed by atoms with Crippen LogP contribution in [-0.2, 0) is 9.59 Å². The number of piperidine rings is 1. The standard InChI is InChI=1S/C14H17NO3/c1-10-3-2-4-12(9-10)11-5-7-15(8-6-11)13(16)14(17)18/h2-4,9,11H,5-8H2,1H3,(H,17,18). The topological polar surface area (TPSA) is 57.6 Å². The molecule has 1 amide bonds. The average molecular weight is 247 g/mol. The molecule has 0 unspecified atom stereocenters. The second kappa shape index (κ2) is 5.21. The Morgan fingerprint density at radius 1 is 1.28 bits per heavy atom. The number of rotatable bonds is 1. The zero-order chi connectivity index (χ0) is 13.1. The van der Waals surface area contributed by atoms with Crippen LogP contribution in [0, 0.1) is 6.92 Å². The molecule has 1 aliphatic heterocycles. The van der Waals surface area contributed by atoms with Crippen molar-refractivity contribution in [2.24, 2.45) is 0 Å². The van der Waals surface area contributed by atoms with E-state index in [0.29, 0.717) is 19.0 Å². The minimum Gasteiger partial charge on any atom is -0.474 e. The van der Waals surface area contributed by atoms with E-state index < -0.39 is 11.9 Å². The molecule has 0 aliphatic carbocycles. The third-order valence-electron chi connectivity index (χ3n) is 3.48. The summed E-state index contributed by atoms with van der Waals surface area (Å²) in [6.07, 6.45) is 1.67. The molecule has 4 nitrogen and oxygen atoms in total. The zero-order valence-electron chi connectivity index (χ0n) is 10.4. The molecule has 1 aromatic carbocycles. The third-order valence-corrected chi connectivity index (χ3v) is 3.48. The molecule has 4 heteroatoms. The van der Waals surface area contributed by atoms with Crippen LogP contribution in [0.3, 0.4) is 0 Å². The second-order valence-corrected chi connectivity index (χ2v) is 4.79. The molecule has 1 aromatic rings. The molecular weight excluding hydrogens is 230 g/mol. The minimum atomic E-state index is -1.36. The first-order valence-corrected chi connectivity index (χ1v) is 6.16. The van der Waals surface area contributed by atoms with Gasteiger partial charge < -0.3 is 10.0 Å². The number of aryl methyl sites for hydroxylation is 1. The van der Waals surface area contributed by atoms with E-state index >= 15 is 0 Å². The summed E-state index contributed by atoms with van der Waals surface area (Å²) in [5.74, 6) is -1.70. The zero-order valence-corrected chi connectivity index (χ0v) is 10.4. The largest absolute Gasteiger partial charge is 0.474 e. The Balaban J connectivity index is 1.98. The van der Waals surface area contributed by atoms with Crippen molar-refractivity contribution in [3.8, 4) is 0 Å². The fourth-order valence-electron chi connectivity index (χ4n) is 2.48. The molecule has 0 radical (unpaired) electrons. The molecule has 96 valence electrons. The normalized spacial score (nSPS) is 16.6. The first kappa shape index (κ1) is 12.6. The SMILES string of the molecule is Cc1cccc(C2CCN(C(=O)C(=O)O)CC2)c1. The highest BCUT2D eigenvalue weighted by atomic mass is 16.4. The summed E-state index contributed by atoms with van der Waals surface area (Å²) in [5, 5.41) is 8.66. The first-order chi connectivity index (χ1) is 8.58. The molecule has 0 spiro atoms. The van der Waals surface area contributed by atoms with Crippen LogP contribution in [0.2, 0.25) is 0 Å². The average Bonchev–Trinajstić information content (AvgIpc) is 2.38. The van der Waals surface area contributed by atoms with Gasteiger partial charge >= 0.3 is 11.9 Å². The maximum atomic E-state index is 11.3. The number of nitrogens with zero attached hydrogens (tertiary/aromatic N) is 1. The van der Waals surface area contributed by atoms with E-state index in [1.165, 1.54) is 16.0 Å². The van der Waals surface area contributed by atoms with Crippen LogP contribution in [0.1, 0.15) is 29.9 Å². The predicted molar refractivity (Wildman–Crippen MR) is 67.4 cm³/mol. The van der Waals surface area contributed by atoms with Crippen molar-refractivity contribution < 1.29 is 14.7 Å². The summed E-state index contributed by atoms with van der Waals surface area (Å²) in [6.45, 7) is 3.13. The van der Waals surface area contributed by atoms with E-state index in [1.54, 1.807) is 0 Å². The van der Waals surface area contributed by atoms with Gasteiger partial charge in [0.05, 0.1) is 0 Å². The number of hydrogen-bond acceptors (Lipinski definition) is 2. The van der Waals surface area contributed by atoms with E-state index in [2.05, 4.69) is 25.1 Å². The molecule has 1 N–H and O–H groups in total. The van der Waals surface area contributed by atoms with Gasteiger partial charge in [0.25, 0.3) is 0 Å². The summed E-state index contributed by atoms with van der Waals surface area (Å²) in [6, 6.07) is 8.37. The van der Waals surface area contributed by atoms with Gasteiger partial charge in [0.1, 0.15) is 0 Å². The summed E-state index contributed by atoms with van der Waals surface area (Å²) in [7, 11) is 0. The van der Waals surface area contributed by atoms with Crippen molar-refractivity contribution >= 4 is 11.9 Å².